The third kappa shape index (κ3) is 4.51. The average molecular weight is 561 g/mol. The Morgan fingerprint density at radius 2 is 1.89 bits per heavy atom. The lowest BCUT2D eigenvalue weighted by Crippen LogP contribution is -2.29. The molecule has 1 amide bonds. The van der Waals surface area contributed by atoms with Crippen molar-refractivity contribution in [2.75, 3.05) is 11.5 Å². The van der Waals surface area contributed by atoms with Crippen molar-refractivity contribution in [3.8, 4) is 11.5 Å². The zero-order valence-corrected chi connectivity index (χ0v) is 21.0. The molecule has 0 aromatic heterocycles. The van der Waals surface area contributed by atoms with Gasteiger partial charge in [-0.05, 0) is 67.4 Å². The lowest BCUT2D eigenvalue weighted by atomic mass is 9.94. The summed E-state index contributed by atoms with van der Waals surface area (Å²) in [5, 5.41) is 21.2. The van der Waals surface area contributed by atoms with E-state index in [-0.39, 0.29) is 40.1 Å². The maximum atomic E-state index is 13.9. The zero-order valence-electron chi connectivity index (χ0n) is 18.7. The van der Waals surface area contributed by atoms with Crippen molar-refractivity contribution in [1.29, 1.82) is 0 Å². The fourth-order valence-electron chi connectivity index (χ4n) is 3.97. The van der Waals surface area contributed by atoms with Gasteiger partial charge >= 0.3 is 0 Å². The fraction of sp³-hybridized carbons (Fsp3) is 0.154. The first-order valence-electron chi connectivity index (χ1n) is 10.6. The first-order valence-corrected chi connectivity index (χ1v) is 11.8. The van der Waals surface area contributed by atoms with E-state index in [2.05, 4.69) is 15.9 Å². The summed E-state index contributed by atoms with van der Waals surface area (Å²) in [6.45, 7) is 3.84. The van der Waals surface area contributed by atoms with E-state index < -0.39 is 23.5 Å². The van der Waals surface area contributed by atoms with Gasteiger partial charge in [0.1, 0.15) is 11.6 Å². The van der Waals surface area contributed by atoms with Gasteiger partial charge in [-0.1, -0.05) is 39.7 Å². The highest BCUT2D eigenvalue weighted by Crippen LogP contribution is 2.44. The van der Waals surface area contributed by atoms with Gasteiger partial charge in [-0.25, -0.2) is 4.39 Å². The molecular weight excluding hydrogens is 541 g/mol. The van der Waals surface area contributed by atoms with E-state index in [1.165, 1.54) is 30.3 Å². The number of aliphatic hydroxyl groups excluding tert-OH is 1. The van der Waals surface area contributed by atoms with Gasteiger partial charge in [0.15, 0.2) is 11.5 Å². The number of ketones is 1. The molecule has 6 nitrogen and oxygen atoms in total. The molecule has 1 fully saturated rings. The third-order valence-corrected chi connectivity index (χ3v) is 6.84. The number of aliphatic hydroxyl groups is 1. The van der Waals surface area contributed by atoms with Gasteiger partial charge < -0.3 is 14.9 Å². The SMILES string of the molecule is CCOc1cc(C2/C(=C(\O)c3ccc(Br)c(C)c3)C(=O)C(=O)N2c2ccc(F)c(Cl)c2)ccc1O. The number of benzene rings is 3. The lowest BCUT2D eigenvalue weighted by molar-refractivity contribution is -0.132. The van der Waals surface area contributed by atoms with E-state index >= 15 is 0 Å². The number of nitrogens with zero attached hydrogens (tertiary/aromatic N) is 1. The number of aromatic hydroxyl groups is 1. The summed E-state index contributed by atoms with van der Waals surface area (Å²) in [4.78, 5) is 27.6. The number of carbonyl (C=O) groups excluding carboxylic acids is 2. The number of ether oxygens (including phenoxy) is 1. The number of phenols is 1. The fourth-order valence-corrected chi connectivity index (χ4v) is 4.39. The second kappa shape index (κ2) is 9.71. The molecule has 0 aliphatic carbocycles. The number of hydrogen-bond donors (Lipinski definition) is 2. The molecule has 3 aromatic carbocycles. The predicted octanol–water partition coefficient (Wildman–Crippen LogP) is 6.28. The minimum absolute atomic E-state index is 0.124. The topological polar surface area (TPSA) is 87.1 Å². The zero-order chi connectivity index (χ0) is 25.4. The van der Waals surface area contributed by atoms with Gasteiger partial charge in [0.25, 0.3) is 11.7 Å². The van der Waals surface area contributed by atoms with Crippen molar-refractivity contribution in [3.63, 3.8) is 0 Å². The van der Waals surface area contributed by atoms with E-state index in [1.54, 1.807) is 25.1 Å². The van der Waals surface area contributed by atoms with Crippen molar-refractivity contribution in [1.82, 2.24) is 0 Å². The van der Waals surface area contributed by atoms with Gasteiger partial charge in [-0.15, -0.1) is 0 Å². The highest BCUT2D eigenvalue weighted by molar-refractivity contribution is 9.10. The molecule has 4 rings (SSSR count). The summed E-state index contributed by atoms with van der Waals surface area (Å²) in [7, 11) is 0. The molecule has 1 atom stereocenters. The standard InChI is InChI=1S/C26H20BrClFNO5/c1-3-35-21-11-14(5-9-20(21)31)23-22(24(32)15-4-7-17(27)13(2)10-15)25(33)26(34)30(23)16-6-8-19(29)18(28)12-16/h4-12,23,31-32H,3H2,1-2H3/b24-22+. The Balaban J connectivity index is 1.98. The Morgan fingerprint density at radius 1 is 1.14 bits per heavy atom. The Hall–Kier alpha value is -3.36. The number of Topliss-reactive ketones (excluding diaryl/α,β-unsaturated/α-hetero) is 1. The molecule has 1 aliphatic heterocycles. The normalized spacial score (nSPS) is 17.2. The van der Waals surface area contributed by atoms with Gasteiger partial charge in [0.05, 0.1) is 23.2 Å². The van der Waals surface area contributed by atoms with Crippen LogP contribution in [0.1, 0.15) is 29.7 Å². The van der Waals surface area contributed by atoms with Gasteiger partial charge in [-0.3, -0.25) is 14.5 Å². The minimum Gasteiger partial charge on any atom is -0.507 e. The molecule has 35 heavy (non-hydrogen) atoms. The van der Waals surface area contributed by atoms with E-state index in [0.29, 0.717) is 11.1 Å². The van der Waals surface area contributed by atoms with E-state index in [4.69, 9.17) is 16.3 Å². The highest BCUT2D eigenvalue weighted by atomic mass is 79.9. The van der Waals surface area contributed by atoms with Crippen LogP contribution in [0.15, 0.2) is 64.6 Å². The summed E-state index contributed by atoms with van der Waals surface area (Å²) >= 11 is 9.37. The number of aryl methyl sites for hydroxylation is 1. The number of rotatable bonds is 5. The molecule has 0 spiro atoms. The molecule has 0 radical (unpaired) electrons. The smallest absolute Gasteiger partial charge is 0.300 e. The molecular formula is C26H20BrClFNO5. The number of anilines is 1. The Bertz CT molecular complexity index is 1390. The first kappa shape index (κ1) is 24.8. The molecule has 1 heterocycles. The number of amides is 1. The van der Waals surface area contributed by atoms with Crippen LogP contribution in [-0.4, -0.2) is 28.5 Å². The third-order valence-electron chi connectivity index (χ3n) is 5.66. The molecule has 1 saturated heterocycles. The van der Waals surface area contributed by atoms with Gasteiger partial charge in [-0.2, -0.15) is 0 Å². The molecule has 1 aliphatic rings. The minimum atomic E-state index is -1.10. The van der Waals surface area contributed by atoms with E-state index in [0.717, 1.165) is 21.0 Å². The monoisotopic (exact) mass is 559 g/mol. The van der Waals surface area contributed by atoms with E-state index in [9.17, 15) is 24.2 Å². The second-order valence-electron chi connectivity index (χ2n) is 7.89. The van der Waals surface area contributed by atoms with E-state index in [1.807, 2.05) is 6.92 Å². The number of hydrogen-bond acceptors (Lipinski definition) is 5. The van der Waals surface area contributed by atoms with Crippen LogP contribution in [0.3, 0.4) is 0 Å². The van der Waals surface area contributed by atoms with Crippen molar-refractivity contribution in [2.45, 2.75) is 19.9 Å². The van der Waals surface area contributed by atoms with Crippen LogP contribution >= 0.6 is 27.5 Å². The van der Waals surface area contributed by atoms with Gasteiger partial charge in [0.2, 0.25) is 0 Å². The maximum absolute atomic E-state index is 13.9. The highest BCUT2D eigenvalue weighted by Gasteiger charge is 2.47. The van der Waals surface area contributed by atoms with Crippen LogP contribution in [0.25, 0.3) is 5.76 Å². The van der Waals surface area contributed by atoms with Crippen molar-refractivity contribution >= 4 is 50.7 Å². The number of carbonyl (C=O) groups is 2. The molecule has 9 heteroatoms. The van der Waals surface area contributed by atoms with Crippen molar-refractivity contribution in [2.24, 2.45) is 0 Å². The summed E-state index contributed by atoms with van der Waals surface area (Å²) in [5.41, 5.74) is 1.55. The number of halogens is 3. The molecule has 0 saturated carbocycles. The average Bonchev–Trinajstić information content (AvgIpc) is 3.09. The first-order chi connectivity index (χ1) is 16.6. The summed E-state index contributed by atoms with van der Waals surface area (Å²) in [5.74, 6) is -2.87. The molecule has 2 N–H and O–H groups in total. The predicted molar refractivity (Wildman–Crippen MR) is 134 cm³/mol. The molecule has 180 valence electrons. The maximum Gasteiger partial charge on any atom is 0.300 e. The summed E-state index contributed by atoms with van der Waals surface area (Å²) < 4.78 is 20.2. The van der Waals surface area contributed by atoms with Crippen molar-refractivity contribution < 1.29 is 28.9 Å². The van der Waals surface area contributed by atoms with Crippen LogP contribution in [0, 0.1) is 12.7 Å². The van der Waals surface area contributed by atoms with Gasteiger partial charge in [0, 0.05) is 15.7 Å². The lowest BCUT2D eigenvalue weighted by Gasteiger charge is -2.26. The molecule has 0 bridgehead atoms. The quantitative estimate of drug-likeness (QED) is 0.218. The summed E-state index contributed by atoms with van der Waals surface area (Å²) in [6, 6.07) is 12.0. The molecule has 3 aromatic rings. The van der Waals surface area contributed by atoms with Crippen LogP contribution in [0.2, 0.25) is 5.02 Å². The second-order valence-corrected chi connectivity index (χ2v) is 9.15. The Labute approximate surface area is 214 Å². The van der Waals surface area contributed by atoms with Crippen molar-refractivity contribution in [3.05, 3.63) is 92.2 Å². The van der Waals surface area contributed by atoms with Crippen LogP contribution in [0.5, 0.6) is 11.5 Å². The Morgan fingerprint density at radius 3 is 2.54 bits per heavy atom. The van der Waals surface area contributed by atoms with Crippen LogP contribution in [0.4, 0.5) is 10.1 Å². The number of phenolic OH excluding ortho intramolecular Hbond substituents is 1. The molecule has 1 unspecified atom stereocenters. The van der Waals surface area contributed by atoms with Crippen LogP contribution < -0.4 is 9.64 Å². The largest absolute Gasteiger partial charge is 0.507 e. The van der Waals surface area contributed by atoms with Crippen LogP contribution in [-0.2, 0) is 9.59 Å². The Kier molecular flexibility index (Phi) is 6.87. The summed E-state index contributed by atoms with van der Waals surface area (Å²) in [6.07, 6.45) is 0.